The van der Waals surface area contributed by atoms with Crippen molar-refractivity contribution in [3.05, 3.63) is 39.6 Å². The molecule has 28 heavy (non-hydrogen) atoms. The van der Waals surface area contributed by atoms with E-state index in [1.54, 1.807) is 16.2 Å². The number of allylic oxidation sites excluding steroid dienone is 1. The molecule has 1 aliphatic carbocycles. The Morgan fingerprint density at radius 3 is 2.75 bits per heavy atom. The van der Waals surface area contributed by atoms with Crippen LogP contribution in [0.2, 0.25) is 0 Å². The predicted octanol–water partition coefficient (Wildman–Crippen LogP) is 2.60. The summed E-state index contributed by atoms with van der Waals surface area (Å²) >= 11 is 1.72. The maximum absolute atomic E-state index is 12.2. The summed E-state index contributed by atoms with van der Waals surface area (Å²) < 4.78 is 10.5. The van der Waals surface area contributed by atoms with E-state index in [1.807, 2.05) is 19.3 Å². The summed E-state index contributed by atoms with van der Waals surface area (Å²) in [6.45, 7) is 5.96. The SMILES string of the molecule is Cc1ncc(C2=Cc3c(N4CCN(C(=O)OC5COC5)CC4)ccnc3C2)s1. The maximum atomic E-state index is 12.2. The number of pyridine rings is 1. The van der Waals surface area contributed by atoms with Crippen LogP contribution in [0.1, 0.15) is 21.1 Å². The minimum Gasteiger partial charge on any atom is -0.441 e. The molecule has 2 fully saturated rings. The van der Waals surface area contributed by atoms with E-state index in [1.165, 1.54) is 21.7 Å². The molecule has 2 aliphatic heterocycles. The van der Waals surface area contributed by atoms with Crippen LogP contribution in [0.5, 0.6) is 0 Å². The van der Waals surface area contributed by atoms with E-state index >= 15 is 0 Å². The lowest BCUT2D eigenvalue weighted by Crippen LogP contribution is -2.51. The molecule has 2 aromatic rings. The maximum Gasteiger partial charge on any atom is 0.410 e. The van der Waals surface area contributed by atoms with E-state index < -0.39 is 0 Å². The average Bonchev–Trinajstić information content (AvgIpc) is 3.30. The molecule has 146 valence electrons. The lowest BCUT2D eigenvalue weighted by molar-refractivity contribution is -0.104. The number of nitrogens with zero attached hydrogens (tertiary/aromatic N) is 4. The summed E-state index contributed by atoms with van der Waals surface area (Å²) in [4.78, 5) is 26.6. The quantitative estimate of drug-likeness (QED) is 0.792. The molecule has 0 bridgehead atoms. The molecule has 0 unspecified atom stereocenters. The zero-order valence-electron chi connectivity index (χ0n) is 15.8. The second kappa shape index (κ2) is 7.18. The van der Waals surface area contributed by atoms with Gasteiger partial charge in [0.1, 0.15) is 0 Å². The largest absolute Gasteiger partial charge is 0.441 e. The van der Waals surface area contributed by atoms with Gasteiger partial charge in [-0.05, 0) is 24.6 Å². The number of fused-ring (bicyclic) bond motifs is 1. The first kappa shape index (κ1) is 17.6. The van der Waals surface area contributed by atoms with Gasteiger partial charge in [0.25, 0.3) is 0 Å². The van der Waals surface area contributed by atoms with Gasteiger partial charge in [-0.15, -0.1) is 11.3 Å². The average molecular weight is 398 g/mol. The molecule has 0 atom stereocenters. The highest BCUT2D eigenvalue weighted by molar-refractivity contribution is 7.12. The number of piperazine rings is 1. The van der Waals surface area contributed by atoms with Crippen molar-refractivity contribution in [1.82, 2.24) is 14.9 Å². The highest BCUT2D eigenvalue weighted by Gasteiger charge is 2.29. The zero-order chi connectivity index (χ0) is 19.1. The van der Waals surface area contributed by atoms with Crippen molar-refractivity contribution >= 4 is 34.8 Å². The number of hydrogen-bond donors (Lipinski definition) is 0. The first-order chi connectivity index (χ1) is 13.7. The fourth-order valence-corrected chi connectivity index (χ4v) is 4.57. The summed E-state index contributed by atoms with van der Waals surface area (Å²) in [5.74, 6) is 0. The molecule has 8 heteroatoms. The van der Waals surface area contributed by atoms with Crippen LogP contribution in [0.4, 0.5) is 10.5 Å². The van der Waals surface area contributed by atoms with E-state index in [-0.39, 0.29) is 12.2 Å². The Labute approximate surface area is 167 Å². The Morgan fingerprint density at radius 1 is 1.25 bits per heavy atom. The smallest absolute Gasteiger partial charge is 0.410 e. The second-order valence-corrected chi connectivity index (χ2v) is 8.53. The molecule has 4 heterocycles. The Hall–Kier alpha value is -2.45. The van der Waals surface area contributed by atoms with Crippen molar-refractivity contribution in [2.45, 2.75) is 19.4 Å². The number of carbonyl (C=O) groups is 1. The number of ether oxygens (including phenoxy) is 2. The highest BCUT2D eigenvalue weighted by Crippen LogP contribution is 2.37. The van der Waals surface area contributed by atoms with Crippen molar-refractivity contribution in [3.8, 4) is 0 Å². The third kappa shape index (κ3) is 3.27. The monoisotopic (exact) mass is 398 g/mol. The third-order valence-electron chi connectivity index (χ3n) is 5.42. The summed E-state index contributed by atoms with van der Waals surface area (Å²) in [6.07, 6.45) is 6.64. The molecule has 2 aromatic heterocycles. The summed E-state index contributed by atoms with van der Waals surface area (Å²) in [5, 5.41) is 1.08. The first-order valence-electron chi connectivity index (χ1n) is 9.57. The van der Waals surface area contributed by atoms with Gasteiger partial charge in [0.15, 0.2) is 6.10 Å². The van der Waals surface area contributed by atoms with Gasteiger partial charge in [-0.1, -0.05) is 0 Å². The number of carbonyl (C=O) groups excluding carboxylic acids is 1. The van der Waals surface area contributed by atoms with E-state index in [0.29, 0.717) is 26.3 Å². The van der Waals surface area contributed by atoms with E-state index in [9.17, 15) is 4.79 Å². The van der Waals surface area contributed by atoms with E-state index in [2.05, 4.69) is 27.0 Å². The van der Waals surface area contributed by atoms with Crippen molar-refractivity contribution < 1.29 is 14.3 Å². The van der Waals surface area contributed by atoms with Crippen molar-refractivity contribution in [1.29, 1.82) is 0 Å². The van der Waals surface area contributed by atoms with Crippen LogP contribution < -0.4 is 4.90 Å². The fourth-order valence-electron chi connectivity index (χ4n) is 3.78. The normalized spacial score (nSPS) is 19.2. The Balaban J connectivity index is 1.29. The molecule has 0 radical (unpaired) electrons. The van der Waals surface area contributed by atoms with Gasteiger partial charge in [0.2, 0.25) is 0 Å². The van der Waals surface area contributed by atoms with Gasteiger partial charge in [-0.25, -0.2) is 9.78 Å². The van der Waals surface area contributed by atoms with Gasteiger partial charge < -0.3 is 19.3 Å². The van der Waals surface area contributed by atoms with Gasteiger partial charge in [0, 0.05) is 56.2 Å². The Kier molecular flexibility index (Phi) is 4.52. The lowest BCUT2D eigenvalue weighted by Gasteiger charge is -2.37. The predicted molar refractivity (Wildman–Crippen MR) is 108 cm³/mol. The van der Waals surface area contributed by atoms with Crippen LogP contribution in [-0.2, 0) is 15.9 Å². The van der Waals surface area contributed by atoms with Crippen LogP contribution >= 0.6 is 11.3 Å². The van der Waals surface area contributed by atoms with Crippen molar-refractivity contribution in [2.75, 3.05) is 44.3 Å². The molecule has 0 N–H and O–H groups in total. The standard InChI is InChI=1S/C20H22N4O3S/c1-13-22-10-19(28-13)14-8-16-17(9-14)21-3-2-18(16)23-4-6-24(7-5-23)20(25)27-15-11-26-12-15/h2-3,8,10,15H,4-7,9,11-12H2,1H3. The molecule has 2 saturated heterocycles. The first-order valence-corrected chi connectivity index (χ1v) is 10.4. The highest BCUT2D eigenvalue weighted by atomic mass is 32.1. The molecule has 0 aromatic carbocycles. The minimum atomic E-state index is -0.226. The number of thiazole rings is 1. The number of amides is 1. The molecular formula is C20H22N4O3S. The van der Waals surface area contributed by atoms with Crippen LogP contribution in [0.3, 0.4) is 0 Å². The summed E-state index contributed by atoms with van der Waals surface area (Å²) in [7, 11) is 0. The van der Waals surface area contributed by atoms with E-state index in [4.69, 9.17) is 9.47 Å². The molecule has 0 saturated carbocycles. The van der Waals surface area contributed by atoms with Gasteiger partial charge in [0.05, 0.1) is 28.8 Å². The Bertz CT molecular complexity index is 929. The van der Waals surface area contributed by atoms with Crippen LogP contribution in [0, 0.1) is 6.92 Å². The molecule has 1 amide bonds. The van der Waals surface area contributed by atoms with Crippen LogP contribution in [0.25, 0.3) is 11.6 Å². The van der Waals surface area contributed by atoms with Crippen molar-refractivity contribution in [2.24, 2.45) is 0 Å². The third-order valence-corrected chi connectivity index (χ3v) is 6.41. The fraction of sp³-hybridized carbons (Fsp3) is 0.450. The molecule has 5 rings (SSSR count). The molecule has 7 nitrogen and oxygen atoms in total. The van der Waals surface area contributed by atoms with Crippen LogP contribution in [-0.4, -0.2) is 66.5 Å². The molecule has 0 spiro atoms. The zero-order valence-corrected chi connectivity index (χ0v) is 16.6. The minimum absolute atomic E-state index is 0.0760. The van der Waals surface area contributed by atoms with Gasteiger partial charge in [-0.2, -0.15) is 0 Å². The second-order valence-electron chi connectivity index (χ2n) is 7.30. The Morgan fingerprint density at radius 2 is 2.07 bits per heavy atom. The van der Waals surface area contributed by atoms with E-state index in [0.717, 1.165) is 30.2 Å². The van der Waals surface area contributed by atoms with Crippen molar-refractivity contribution in [3.63, 3.8) is 0 Å². The van der Waals surface area contributed by atoms with Gasteiger partial charge in [-0.3, -0.25) is 4.98 Å². The number of rotatable bonds is 3. The lowest BCUT2D eigenvalue weighted by atomic mass is 10.1. The summed E-state index contributed by atoms with van der Waals surface area (Å²) in [6, 6.07) is 2.08. The number of aromatic nitrogens is 2. The van der Waals surface area contributed by atoms with Gasteiger partial charge >= 0.3 is 6.09 Å². The molecule has 3 aliphatic rings. The topological polar surface area (TPSA) is 67.8 Å². The number of hydrogen-bond acceptors (Lipinski definition) is 7. The van der Waals surface area contributed by atoms with Crippen LogP contribution in [0.15, 0.2) is 18.5 Å². The number of aryl methyl sites for hydroxylation is 1. The molecular weight excluding hydrogens is 376 g/mol. The number of anilines is 1. The summed E-state index contributed by atoms with van der Waals surface area (Å²) in [5.41, 5.74) is 4.80.